The van der Waals surface area contributed by atoms with Crippen LogP contribution in [0.2, 0.25) is 0 Å². The lowest BCUT2D eigenvalue weighted by Crippen LogP contribution is -2.41. The summed E-state index contributed by atoms with van der Waals surface area (Å²) >= 11 is 3.26. The van der Waals surface area contributed by atoms with Gasteiger partial charge >= 0.3 is 0 Å². The van der Waals surface area contributed by atoms with Crippen LogP contribution in [0.1, 0.15) is 11.6 Å². The van der Waals surface area contributed by atoms with Crippen molar-refractivity contribution in [2.45, 2.75) is 6.04 Å². The Bertz CT molecular complexity index is 784. The number of rotatable bonds is 6. The summed E-state index contributed by atoms with van der Waals surface area (Å²) in [5.41, 5.74) is 1.27. The zero-order valence-corrected chi connectivity index (χ0v) is 15.6. The predicted molar refractivity (Wildman–Crippen MR) is 101 cm³/mol. The van der Waals surface area contributed by atoms with Crippen molar-refractivity contribution in [2.24, 2.45) is 0 Å². The monoisotopic (exact) mass is 423 g/mol. The van der Waals surface area contributed by atoms with Crippen molar-refractivity contribution in [1.82, 2.24) is 4.90 Å². The van der Waals surface area contributed by atoms with E-state index in [-0.39, 0.29) is 17.5 Å². The van der Waals surface area contributed by atoms with E-state index in [4.69, 9.17) is 4.74 Å². The van der Waals surface area contributed by atoms with Crippen LogP contribution < -0.4 is 5.32 Å². The molecule has 1 N–H and O–H groups in total. The number of hydrogen-bond donors (Lipinski definition) is 1. The smallest absolute Gasteiger partial charge is 0.293 e. The normalized spacial score (nSPS) is 16.2. The van der Waals surface area contributed by atoms with Crippen LogP contribution in [0.3, 0.4) is 0 Å². The summed E-state index contributed by atoms with van der Waals surface area (Å²) in [6, 6.07) is 11.3. The minimum absolute atomic E-state index is 0.000607. The Balaban J connectivity index is 1.83. The molecule has 2 aromatic carbocycles. The van der Waals surface area contributed by atoms with Crippen LogP contribution in [-0.2, 0) is 4.74 Å². The van der Waals surface area contributed by atoms with Gasteiger partial charge in [0.2, 0.25) is 0 Å². The lowest BCUT2D eigenvalue weighted by Gasteiger charge is -2.35. The first-order valence-corrected chi connectivity index (χ1v) is 9.09. The summed E-state index contributed by atoms with van der Waals surface area (Å²) in [7, 11) is 0. The van der Waals surface area contributed by atoms with Gasteiger partial charge in [0, 0.05) is 30.2 Å². The zero-order valence-electron chi connectivity index (χ0n) is 14.0. The van der Waals surface area contributed by atoms with E-state index >= 15 is 0 Å². The molecule has 0 spiro atoms. The van der Waals surface area contributed by atoms with Gasteiger partial charge in [0.1, 0.15) is 11.5 Å². The lowest BCUT2D eigenvalue weighted by atomic mass is 10.0. The predicted octanol–water partition coefficient (Wildman–Crippen LogP) is 3.98. The first-order valence-electron chi connectivity index (χ1n) is 8.29. The summed E-state index contributed by atoms with van der Waals surface area (Å²) in [6.45, 7) is 3.11. The van der Waals surface area contributed by atoms with Crippen LogP contribution in [0.4, 0.5) is 15.8 Å². The van der Waals surface area contributed by atoms with Gasteiger partial charge in [-0.2, -0.15) is 0 Å². The van der Waals surface area contributed by atoms with E-state index in [9.17, 15) is 14.5 Å². The summed E-state index contributed by atoms with van der Waals surface area (Å²) in [5.74, 6) is -0.296. The molecule has 2 aromatic rings. The summed E-state index contributed by atoms with van der Waals surface area (Å²) in [5, 5.41) is 14.5. The topological polar surface area (TPSA) is 67.6 Å². The van der Waals surface area contributed by atoms with Crippen molar-refractivity contribution in [1.29, 1.82) is 0 Å². The molecule has 1 heterocycles. The zero-order chi connectivity index (χ0) is 18.5. The molecule has 8 heteroatoms. The molecule has 26 heavy (non-hydrogen) atoms. The molecule has 1 aliphatic rings. The number of halogens is 2. The third kappa shape index (κ3) is 4.57. The Morgan fingerprint density at radius 3 is 2.73 bits per heavy atom. The molecule has 0 aliphatic carbocycles. The summed E-state index contributed by atoms with van der Waals surface area (Å²) < 4.78 is 19.8. The van der Waals surface area contributed by atoms with Crippen LogP contribution in [0.5, 0.6) is 0 Å². The quantitative estimate of drug-likeness (QED) is 0.561. The fraction of sp³-hybridized carbons (Fsp3) is 0.333. The van der Waals surface area contributed by atoms with Gasteiger partial charge in [-0.1, -0.05) is 28.1 Å². The Kier molecular flexibility index (Phi) is 6.18. The SMILES string of the molecule is O=[N+]([O-])c1cc(Br)ccc1NCC(c1cccc(F)c1)N1CCOCC1. The second-order valence-electron chi connectivity index (χ2n) is 6.02. The van der Waals surface area contributed by atoms with Gasteiger partial charge in [-0.25, -0.2) is 4.39 Å². The number of ether oxygens (including phenoxy) is 1. The number of nitrogens with zero attached hydrogens (tertiary/aromatic N) is 2. The molecular weight excluding hydrogens is 405 g/mol. The number of morpholine rings is 1. The molecule has 138 valence electrons. The van der Waals surface area contributed by atoms with Crippen molar-refractivity contribution in [2.75, 3.05) is 38.2 Å². The molecule has 0 aromatic heterocycles. The van der Waals surface area contributed by atoms with Gasteiger partial charge in [-0.3, -0.25) is 15.0 Å². The van der Waals surface area contributed by atoms with E-state index in [2.05, 4.69) is 26.1 Å². The molecule has 1 aliphatic heterocycles. The van der Waals surface area contributed by atoms with E-state index in [0.29, 0.717) is 29.9 Å². The minimum Gasteiger partial charge on any atom is -0.379 e. The van der Waals surface area contributed by atoms with E-state index in [1.807, 2.05) is 6.07 Å². The average molecular weight is 424 g/mol. The average Bonchev–Trinajstić information content (AvgIpc) is 2.64. The Labute approximate surface area is 159 Å². The largest absolute Gasteiger partial charge is 0.379 e. The van der Waals surface area contributed by atoms with E-state index in [1.54, 1.807) is 18.2 Å². The summed E-state index contributed by atoms with van der Waals surface area (Å²) in [6.07, 6.45) is 0. The van der Waals surface area contributed by atoms with Gasteiger partial charge in [-0.05, 0) is 29.8 Å². The number of nitro groups is 1. The fourth-order valence-corrected chi connectivity index (χ4v) is 3.42. The highest BCUT2D eigenvalue weighted by molar-refractivity contribution is 9.10. The molecule has 3 rings (SSSR count). The third-order valence-corrected chi connectivity index (χ3v) is 4.86. The van der Waals surface area contributed by atoms with E-state index < -0.39 is 4.92 Å². The van der Waals surface area contributed by atoms with Gasteiger partial charge in [0.05, 0.1) is 24.2 Å². The highest BCUT2D eigenvalue weighted by atomic mass is 79.9. The van der Waals surface area contributed by atoms with Crippen LogP contribution in [0.25, 0.3) is 0 Å². The van der Waals surface area contributed by atoms with Crippen LogP contribution in [-0.4, -0.2) is 42.7 Å². The van der Waals surface area contributed by atoms with E-state index in [1.165, 1.54) is 18.2 Å². The molecule has 0 radical (unpaired) electrons. The standard InChI is InChI=1S/C18H19BrFN3O3/c19-14-4-5-16(17(11-14)23(24)25)21-12-18(22-6-8-26-9-7-22)13-2-1-3-15(20)10-13/h1-5,10-11,18,21H,6-9,12H2. The van der Waals surface area contributed by atoms with E-state index in [0.717, 1.165) is 18.7 Å². The minimum atomic E-state index is -0.418. The van der Waals surface area contributed by atoms with Crippen molar-refractivity contribution in [3.05, 3.63) is 68.4 Å². The Morgan fingerprint density at radius 2 is 2.04 bits per heavy atom. The number of benzene rings is 2. The Hall–Kier alpha value is -2.03. The highest BCUT2D eigenvalue weighted by Crippen LogP contribution is 2.30. The highest BCUT2D eigenvalue weighted by Gasteiger charge is 2.24. The molecule has 0 amide bonds. The first-order chi connectivity index (χ1) is 12.5. The molecule has 1 fully saturated rings. The lowest BCUT2D eigenvalue weighted by molar-refractivity contribution is -0.384. The second kappa shape index (κ2) is 8.57. The fourth-order valence-electron chi connectivity index (χ4n) is 3.07. The van der Waals surface area contributed by atoms with Gasteiger partial charge in [0.25, 0.3) is 5.69 Å². The molecule has 0 saturated carbocycles. The number of nitro benzene ring substituents is 1. The van der Waals surface area contributed by atoms with Crippen molar-refractivity contribution in [3.8, 4) is 0 Å². The molecule has 1 saturated heterocycles. The van der Waals surface area contributed by atoms with Gasteiger partial charge in [0.15, 0.2) is 0 Å². The number of nitrogens with one attached hydrogen (secondary N) is 1. The third-order valence-electron chi connectivity index (χ3n) is 4.36. The van der Waals surface area contributed by atoms with Crippen molar-refractivity contribution in [3.63, 3.8) is 0 Å². The Morgan fingerprint density at radius 1 is 1.27 bits per heavy atom. The summed E-state index contributed by atoms with van der Waals surface area (Å²) in [4.78, 5) is 13.1. The van der Waals surface area contributed by atoms with Crippen LogP contribution in [0.15, 0.2) is 46.9 Å². The van der Waals surface area contributed by atoms with Crippen molar-refractivity contribution >= 4 is 27.3 Å². The molecule has 6 nitrogen and oxygen atoms in total. The maximum atomic E-state index is 13.7. The number of anilines is 1. The maximum absolute atomic E-state index is 13.7. The molecule has 1 unspecified atom stereocenters. The van der Waals surface area contributed by atoms with Gasteiger partial charge < -0.3 is 10.1 Å². The first kappa shape index (κ1) is 18.8. The molecular formula is C18H19BrFN3O3. The molecule has 0 bridgehead atoms. The second-order valence-corrected chi connectivity index (χ2v) is 6.93. The molecule has 1 atom stereocenters. The van der Waals surface area contributed by atoms with Crippen molar-refractivity contribution < 1.29 is 14.1 Å². The number of hydrogen-bond acceptors (Lipinski definition) is 5. The maximum Gasteiger partial charge on any atom is 0.293 e. The van der Waals surface area contributed by atoms with Crippen LogP contribution >= 0.6 is 15.9 Å². The van der Waals surface area contributed by atoms with Gasteiger partial charge in [-0.15, -0.1) is 0 Å². The van der Waals surface area contributed by atoms with Crippen LogP contribution in [0, 0.1) is 15.9 Å².